The van der Waals surface area contributed by atoms with Crippen LogP contribution in [0.5, 0.6) is 0 Å². The van der Waals surface area contributed by atoms with E-state index in [1.54, 1.807) is 11.7 Å². The molecule has 0 aliphatic heterocycles. The number of tetrazole rings is 1. The van der Waals surface area contributed by atoms with Crippen molar-refractivity contribution in [3.05, 3.63) is 0 Å². The molecule has 0 unspecified atom stereocenters. The minimum Gasteiger partial charge on any atom is -0.358 e. The fraction of sp³-hybridized carbons (Fsp3) is 0.667. The predicted molar refractivity (Wildman–Crippen MR) is 51.7 cm³/mol. The van der Waals surface area contributed by atoms with Gasteiger partial charge in [0.2, 0.25) is 11.1 Å². The summed E-state index contributed by atoms with van der Waals surface area (Å²) in [6.45, 7) is 1.03. The van der Waals surface area contributed by atoms with Gasteiger partial charge in [0, 0.05) is 13.6 Å². The molecular weight excluding hydrogens is 204 g/mol. The summed E-state index contributed by atoms with van der Waals surface area (Å²) in [6.07, 6.45) is 0. The molecule has 0 aromatic carbocycles. The topological polar surface area (TPSA) is 98.7 Å². The molecule has 0 radical (unpaired) electrons. The van der Waals surface area contributed by atoms with Gasteiger partial charge >= 0.3 is 0 Å². The van der Waals surface area contributed by atoms with Gasteiger partial charge in [0.1, 0.15) is 0 Å². The van der Waals surface area contributed by atoms with Crippen LogP contribution in [-0.2, 0) is 11.3 Å². The molecule has 0 aliphatic carbocycles. The molecule has 0 spiro atoms. The molecular formula is C6H12N6OS. The Hall–Kier alpha value is -1.15. The molecule has 7 nitrogen and oxygen atoms in total. The number of nitrogens with zero attached hydrogens (tertiary/aromatic N) is 4. The summed E-state index contributed by atoms with van der Waals surface area (Å²) in [5.41, 5.74) is 5.37. The summed E-state index contributed by atoms with van der Waals surface area (Å²) in [5.74, 6) is 0.249. The van der Waals surface area contributed by atoms with Crippen LogP contribution in [-0.4, -0.2) is 45.5 Å². The third kappa shape index (κ3) is 2.96. The Balaban J connectivity index is 2.49. The molecule has 1 heterocycles. The van der Waals surface area contributed by atoms with Crippen LogP contribution in [0.4, 0.5) is 0 Å². The maximum atomic E-state index is 10.9. The normalized spacial score (nSPS) is 10.1. The van der Waals surface area contributed by atoms with E-state index in [1.165, 1.54) is 11.8 Å². The highest BCUT2D eigenvalue weighted by Gasteiger charge is 2.07. The van der Waals surface area contributed by atoms with Crippen molar-refractivity contribution in [2.24, 2.45) is 5.73 Å². The second-order valence-electron chi connectivity index (χ2n) is 2.44. The third-order valence-electron chi connectivity index (χ3n) is 1.45. The molecule has 0 saturated carbocycles. The van der Waals surface area contributed by atoms with E-state index < -0.39 is 0 Å². The van der Waals surface area contributed by atoms with Crippen LogP contribution < -0.4 is 11.1 Å². The Morgan fingerprint density at radius 2 is 2.50 bits per heavy atom. The highest BCUT2D eigenvalue weighted by molar-refractivity contribution is 7.99. The van der Waals surface area contributed by atoms with Gasteiger partial charge in [-0.3, -0.25) is 4.79 Å². The molecule has 0 fully saturated rings. The lowest BCUT2D eigenvalue weighted by molar-refractivity contribution is -0.118. The van der Waals surface area contributed by atoms with Gasteiger partial charge in [0.05, 0.1) is 12.3 Å². The van der Waals surface area contributed by atoms with Crippen LogP contribution in [0.1, 0.15) is 0 Å². The van der Waals surface area contributed by atoms with Crippen molar-refractivity contribution in [1.29, 1.82) is 0 Å². The Labute approximate surface area is 85.4 Å². The first kappa shape index (κ1) is 10.9. The Kier molecular flexibility index (Phi) is 4.33. The number of nitrogens with one attached hydrogen (secondary N) is 1. The van der Waals surface area contributed by atoms with Gasteiger partial charge in [-0.25, -0.2) is 4.68 Å². The summed E-state index contributed by atoms with van der Waals surface area (Å²) in [7, 11) is 1.59. The number of thioether (sulfide) groups is 1. The second-order valence-corrected chi connectivity index (χ2v) is 3.38. The van der Waals surface area contributed by atoms with E-state index in [-0.39, 0.29) is 5.91 Å². The Bertz CT molecular complexity index is 300. The Morgan fingerprint density at radius 3 is 3.14 bits per heavy atom. The van der Waals surface area contributed by atoms with E-state index in [2.05, 4.69) is 20.8 Å². The number of hydrogen-bond donors (Lipinski definition) is 2. The lowest BCUT2D eigenvalue weighted by Gasteiger charge is -2.01. The second kappa shape index (κ2) is 5.55. The number of nitrogens with two attached hydrogens (primary N) is 1. The zero-order valence-corrected chi connectivity index (χ0v) is 8.62. The van der Waals surface area contributed by atoms with Crippen molar-refractivity contribution in [3.63, 3.8) is 0 Å². The average Bonchev–Trinajstić information content (AvgIpc) is 2.62. The van der Waals surface area contributed by atoms with Crippen LogP contribution in [0.15, 0.2) is 5.16 Å². The number of amides is 1. The lowest BCUT2D eigenvalue weighted by Crippen LogP contribution is -2.20. The van der Waals surface area contributed by atoms with E-state index in [1.807, 2.05) is 0 Å². The third-order valence-corrected chi connectivity index (χ3v) is 2.41. The van der Waals surface area contributed by atoms with Gasteiger partial charge < -0.3 is 11.1 Å². The van der Waals surface area contributed by atoms with E-state index in [9.17, 15) is 4.79 Å². The minimum atomic E-state index is -0.0581. The standard InChI is InChI=1S/C6H12N6OS/c1-8-5(13)4-14-6-9-10-11-12(6)3-2-7/h2-4,7H2,1H3,(H,8,13). The molecule has 1 rings (SSSR count). The molecule has 3 N–H and O–H groups in total. The highest BCUT2D eigenvalue weighted by Crippen LogP contribution is 2.12. The maximum absolute atomic E-state index is 10.9. The monoisotopic (exact) mass is 216 g/mol. The largest absolute Gasteiger partial charge is 0.358 e. The maximum Gasteiger partial charge on any atom is 0.230 e. The summed E-state index contributed by atoms with van der Waals surface area (Å²) in [6, 6.07) is 0. The van der Waals surface area contributed by atoms with Crippen molar-refractivity contribution >= 4 is 17.7 Å². The zero-order chi connectivity index (χ0) is 10.4. The number of hydrogen-bond acceptors (Lipinski definition) is 6. The molecule has 1 aromatic heterocycles. The summed E-state index contributed by atoms with van der Waals surface area (Å²) >= 11 is 1.29. The van der Waals surface area contributed by atoms with Crippen molar-refractivity contribution in [3.8, 4) is 0 Å². The first-order chi connectivity index (χ1) is 6.77. The summed E-state index contributed by atoms with van der Waals surface area (Å²) < 4.78 is 1.58. The molecule has 14 heavy (non-hydrogen) atoms. The Morgan fingerprint density at radius 1 is 1.71 bits per heavy atom. The molecule has 1 amide bonds. The fourth-order valence-corrected chi connectivity index (χ4v) is 1.54. The van der Waals surface area contributed by atoms with Crippen molar-refractivity contribution in [1.82, 2.24) is 25.5 Å². The average molecular weight is 216 g/mol. The number of carbonyl (C=O) groups excluding carboxylic acids is 1. The van der Waals surface area contributed by atoms with Crippen LogP contribution in [0.3, 0.4) is 0 Å². The van der Waals surface area contributed by atoms with Gasteiger partial charge in [-0.05, 0) is 10.4 Å². The van der Waals surface area contributed by atoms with Crippen LogP contribution in [0.25, 0.3) is 0 Å². The number of rotatable bonds is 5. The van der Waals surface area contributed by atoms with Gasteiger partial charge in [-0.2, -0.15) is 0 Å². The molecule has 0 bridgehead atoms. The first-order valence-corrected chi connectivity index (χ1v) is 5.06. The molecule has 0 saturated heterocycles. The van der Waals surface area contributed by atoms with Gasteiger partial charge in [0.15, 0.2) is 0 Å². The number of carbonyl (C=O) groups is 1. The van der Waals surface area contributed by atoms with Gasteiger partial charge in [-0.15, -0.1) is 5.10 Å². The molecule has 8 heteroatoms. The van der Waals surface area contributed by atoms with Gasteiger partial charge in [0.25, 0.3) is 0 Å². The first-order valence-electron chi connectivity index (χ1n) is 4.07. The van der Waals surface area contributed by atoms with Crippen molar-refractivity contribution in [2.75, 3.05) is 19.3 Å². The lowest BCUT2D eigenvalue weighted by atomic mass is 10.7. The summed E-state index contributed by atoms with van der Waals surface area (Å²) in [4.78, 5) is 10.9. The minimum absolute atomic E-state index is 0.0581. The van der Waals surface area contributed by atoms with Gasteiger partial charge in [-0.1, -0.05) is 11.8 Å². The van der Waals surface area contributed by atoms with E-state index in [0.29, 0.717) is 24.0 Å². The van der Waals surface area contributed by atoms with Crippen LogP contribution in [0.2, 0.25) is 0 Å². The SMILES string of the molecule is CNC(=O)CSc1nnnn1CCN. The van der Waals surface area contributed by atoms with Crippen molar-refractivity contribution < 1.29 is 4.79 Å². The molecule has 0 aliphatic rings. The number of aromatic nitrogens is 4. The highest BCUT2D eigenvalue weighted by atomic mass is 32.2. The van der Waals surface area contributed by atoms with E-state index in [4.69, 9.17) is 5.73 Å². The molecule has 78 valence electrons. The van der Waals surface area contributed by atoms with Crippen LogP contribution >= 0.6 is 11.8 Å². The fourth-order valence-electron chi connectivity index (χ4n) is 0.765. The zero-order valence-electron chi connectivity index (χ0n) is 7.80. The quantitative estimate of drug-likeness (QED) is 0.579. The molecule has 0 atom stereocenters. The molecule has 1 aromatic rings. The van der Waals surface area contributed by atoms with Crippen LogP contribution in [0, 0.1) is 0 Å². The van der Waals surface area contributed by atoms with E-state index in [0.717, 1.165) is 0 Å². The smallest absolute Gasteiger partial charge is 0.230 e. The van der Waals surface area contributed by atoms with E-state index >= 15 is 0 Å². The summed E-state index contributed by atoms with van der Waals surface area (Å²) in [5, 5.41) is 14.1. The predicted octanol–water partition coefficient (Wildman–Crippen LogP) is -1.53. The van der Waals surface area contributed by atoms with Crippen molar-refractivity contribution in [2.45, 2.75) is 11.7 Å².